The van der Waals surface area contributed by atoms with Gasteiger partial charge in [-0.05, 0) is 50.6 Å². The molecule has 1 atom stereocenters. The summed E-state index contributed by atoms with van der Waals surface area (Å²) in [5, 5.41) is 0. The highest BCUT2D eigenvalue weighted by atomic mass is 16.5. The number of nitrogens with zero attached hydrogens (tertiary/aromatic N) is 1. The number of ether oxygens (including phenoxy) is 2. The lowest BCUT2D eigenvalue weighted by molar-refractivity contribution is 0.217. The summed E-state index contributed by atoms with van der Waals surface area (Å²) in [5.74, 6) is 1.46. The first kappa shape index (κ1) is 17.8. The van der Waals surface area contributed by atoms with E-state index in [1.165, 1.54) is 0 Å². The Kier molecular flexibility index (Phi) is 6.99. The van der Waals surface area contributed by atoms with E-state index in [9.17, 15) is 0 Å². The van der Waals surface area contributed by atoms with Gasteiger partial charge in [-0.15, -0.1) is 0 Å². The minimum Gasteiger partial charge on any atom is -0.493 e. The van der Waals surface area contributed by atoms with Gasteiger partial charge in [-0.1, -0.05) is 19.9 Å². The van der Waals surface area contributed by atoms with Gasteiger partial charge in [-0.25, -0.2) is 0 Å². The fourth-order valence-electron chi connectivity index (χ4n) is 2.65. The molecule has 1 aromatic carbocycles. The van der Waals surface area contributed by atoms with Crippen LogP contribution in [0.25, 0.3) is 0 Å². The van der Waals surface area contributed by atoms with Crippen molar-refractivity contribution in [2.45, 2.75) is 39.2 Å². The molecule has 0 saturated heterocycles. The van der Waals surface area contributed by atoms with E-state index < -0.39 is 5.54 Å². The van der Waals surface area contributed by atoms with Crippen molar-refractivity contribution in [2.75, 3.05) is 33.9 Å². The minimum absolute atomic E-state index is 0.413. The Labute approximate surface area is 129 Å². The standard InChI is InChI=1S/C17H30N2O2/c1-6-10-19(11-7-2)13-17(3,18)14-8-9-15(20-4)16(12-14)21-5/h8-9,12H,6-7,10-11,13,18H2,1-5H3. The van der Waals surface area contributed by atoms with Crippen molar-refractivity contribution in [1.29, 1.82) is 0 Å². The first-order valence-corrected chi connectivity index (χ1v) is 7.72. The molecule has 0 aromatic heterocycles. The zero-order valence-corrected chi connectivity index (χ0v) is 14.1. The lowest BCUT2D eigenvalue weighted by Gasteiger charge is -2.33. The molecule has 0 fully saturated rings. The van der Waals surface area contributed by atoms with Gasteiger partial charge in [-0.3, -0.25) is 0 Å². The van der Waals surface area contributed by atoms with Crippen LogP contribution in [-0.2, 0) is 5.54 Å². The van der Waals surface area contributed by atoms with E-state index in [0.29, 0.717) is 0 Å². The van der Waals surface area contributed by atoms with Crippen LogP contribution in [0.1, 0.15) is 39.2 Å². The molecule has 21 heavy (non-hydrogen) atoms. The molecule has 2 N–H and O–H groups in total. The largest absolute Gasteiger partial charge is 0.493 e. The zero-order chi connectivity index (χ0) is 15.9. The van der Waals surface area contributed by atoms with Crippen molar-refractivity contribution in [1.82, 2.24) is 4.90 Å². The average Bonchev–Trinajstić information content (AvgIpc) is 2.46. The molecule has 0 saturated carbocycles. The summed E-state index contributed by atoms with van der Waals surface area (Å²) >= 11 is 0. The number of rotatable bonds is 9. The molecule has 0 heterocycles. The van der Waals surface area contributed by atoms with Crippen molar-refractivity contribution in [2.24, 2.45) is 5.73 Å². The van der Waals surface area contributed by atoms with Crippen LogP contribution in [0, 0.1) is 0 Å². The predicted molar refractivity (Wildman–Crippen MR) is 88.1 cm³/mol. The Morgan fingerprint density at radius 2 is 1.62 bits per heavy atom. The van der Waals surface area contributed by atoms with Crippen molar-refractivity contribution < 1.29 is 9.47 Å². The van der Waals surface area contributed by atoms with Crippen molar-refractivity contribution in [3.05, 3.63) is 23.8 Å². The molecule has 0 spiro atoms. The molecule has 120 valence electrons. The second kappa shape index (κ2) is 8.25. The van der Waals surface area contributed by atoms with Crippen LogP contribution < -0.4 is 15.2 Å². The quantitative estimate of drug-likeness (QED) is 0.760. The van der Waals surface area contributed by atoms with E-state index in [1.54, 1.807) is 14.2 Å². The first-order valence-electron chi connectivity index (χ1n) is 7.72. The van der Waals surface area contributed by atoms with Gasteiger partial charge >= 0.3 is 0 Å². The molecule has 0 amide bonds. The number of hydrogen-bond donors (Lipinski definition) is 1. The summed E-state index contributed by atoms with van der Waals surface area (Å²) in [4.78, 5) is 2.43. The van der Waals surface area contributed by atoms with Crippen LogP contribution in [0.3, 0.4) is 0 Å². The maximum Gasteiger partial charge on any atom is 0.161 e. The first-order chi connectivity index (χ1) is 9.98. The Balaban J connectivity index is 2.94. The van der Waals surface area contributed by atoms with Crippen molar-refractivity contribution >= 4 is 0 Å². The van der Waals surface area contributed by atoms with Crippen LogP contribution in [0.2, 0.25) is 0 Å². The van der Waals surface area contributed by atoms with Crippen LogP contribution in [0.5, 0.6) is 11.5 Å². The van der Waals surface area contributed by atoms with Gasteiger partial charge in [0.1, 0.15) is 0 Å². The van der Waals surface area contributed by atoms with Gasteiger partial charge in [0.25, 0.3) is 0 Å². The topological polar surface area (TPSA) is 47.7 Å². The fourth-order valence-corrected chi connectivity index (χ4v) is 2.65. The molecular weight excluding hydrogens is 264 g/mol. The van der Waals surface area contributed by atoms with E-state index in [1.807, 2.05) is 18.2 Å². The van der Waals surface area contributed by atoms with Gasteiger partial charge in [0.05, 0.1) is 19.8 Å². The predicted octanol–water partition coefficient (Wildman–Crippen LogP) is 3.00. The molecule has 4 nitrogen and oxygen atoms in total. The Morgan fingerprint density at radius 1 is 1.05 bits per heavy atom. The second-order valence-electron chi connectivity index (χ2n) is 5.76. The molecule has 1 aromatic rings. The van der Waals surface area contributed by atoms with E-state index in [-0.39, 0.29) is 0 Å². The fraction of sp³-hybridized carbons (Fsp3) is 0.647. The van der Waals surface area contributed by atoms with Crippen molar-refractivity contribution in [3.8, 4) is 11.5 Å². The van der Waals surface area contributed by atoms with Crippen LogP contribution in [-0.4, -0.2) is 38.8 Å². The van der Waals surface area contributed by atoms with E-state index in [4.69, 9.17) is 15.2 Å². The lowest BCUT2D eigenvalue weighted by Crippen LogP contribution is -2.46. The smallest absolute Gasteiger partial charge is 0.161 e. The van der Waals surface area contributed by atoms with E-state index in [0.717, 1.165) is 49.5 Å². The van der Waals surface area contributed by atoms with Gasteiger partial charge in [-0.2, -0.15) is 0 Å². The highest BCUT2D eigenvalue weighted by Gasteiger charge is 2.25. The Bertz CT molecular complexity index is 427. The molecular formula is C17H30N2O2. The highest BCUT2D eigenvalue weighted by Crippen LogP contribution is 2.31. The number of methoxy groups -OCH3 is 2. The molecule has 1 unspecified atom stereocenters. The Hall–Kier alpha value is -1.26. The third kappa shape index (κ3) is 4.90. The summed E-state index contributed by atoms with van der Waals surface area (Å²) in [7, 11) is 3.29. The lowest BCUT2D eigenvalue weighted by atomic mass is 9.92. The summed E-state index contributed by atoms with van der Waals surface area (Å²) in [6.07, 6.45) is 2.28. The number of nitrogens with two attached hydrogens (primary N) is 1. The number of benzene rings is 1. The SMILES string of the molecule is CCCN(CCC)CC(C)(N)c1ccc(OC)c(OC)c1. The normalized spacial score (nSPS) is 14.0. The van der Waals surface area contributed by atoms with Gasteiger partial charge in [0.15, 0.2) is 11.5 Å². The zero-order valence-electron chi connectivity index (χ0n) is 14.1. The third-order valence-electron chi connectivity index (χ3n) is 3.67. The third-order valence-corrected chi connectivity index (χ3v) is 3.67. The summed E-state index contributed by atoms with van der Waals surface area (Å²) in [6, 6.07) is 5.93. The van der Waals surface area contributed by atoms with Crippen LogP contribution >= 0.6 is 0 Å². The van der Waals surface area contributed by atoms with Crippen LogP contribution in [0.15, 0.2) is 18.2 Å². The van der Waals surface area contributed by atoms with Gasteiger partial charge in [0.2, 0.25) is 0 Å². The molecule has 0 bridgehead atoms. The van der Waals surface area contributed by atoms with Crippen LogP contribution in [0.4, 0.5) is 0 Å². The van der Waals surface area contributed by atoms with Gasteiger partial charge < -0.3 is 20.1 Å². The van der Waals surface area contributed by atoms with E-state index in [2.05, 4.69) is 25.7 Å². The molecule has 0 aliphatic rings. The molecule has 0 aliphatic heterocycles. The minimum atomic E-state index is -0.413. The molecule has 1 rings (SSSR count). The summed E-state index contributed by atoms with van der Waals surface area (Å²) in [6.45, 7) is 9.47. The van der Waals surface area contributed by atoms with Gasteiger partial charge in [0, 0.05) is 6.54 Å². The van der Waals surface area contributed by atoms with E-state index >= 15 is 0 Å². The Morgan fingerprint density at radius 3 is 2.10 bits per heavy atom. The second-order valence-corrected chi connectivity index (χ2v) is 5.76. The monoisotopic (exact) mass is 294 g/mol. The average molecular weight is 294 g/mol. The summed E-state index contributed by atoms with van der Waals surface area (Å²) in [5.41, 5.74) is 7.23. The molecule has 0 aliphatic carbocycles. The van der Waals surface area contributed by atoms with Crippen molar-refractivity contribution in [3.63, 3.8) is 0 Å². The molecule has 4 heteroatoms. The number of hydrogen-bond acceptors (Lipinski definition) is 4. The molecule has 0 radical (unpaired) electrons. The highest BCUT2D eigenvalue weighted by molar-refractivity contribution is 5.44. The maximum atomic E-state index is 6.58. The summed E-state index contributed by atoms with van der Waals surface area (Å²) < 4.78 is 10.7. The maximum absolute atomic E-state index is 6.58.